The van der Waals surface area contributed by atoms with E-state index in [1.54, 1.807) is 0 Å². The van der Waals surface area contributed by atoms with E-state index in [2.05, 4.69) is 0 Å². The van der Waals surface area contributed by atoms with Crippen molar-refractivity contribution in [1.29, 1.82) is 0 Å². The highest BCUT2D eigenvalue weighted by atomic mass is 35.5. The highest BCUT2D eigenvalue weighted by molar-refractivity contribution is 6.17. The zero-order valence-electron chi connectivity index (χ0n) is 8.84. The standard InChI is InChI=1S/C10H11ClF3NO2/c11-4-6-17-7-5-15-8(10(12,13)14)2-1-3-9(15)16/h1-3H,4-7H2. The highest BCUT2D eigenvalue weighted by Gasteiger charge is 2.33. The largest absolute Gasteiger partial charge is 0.431 e. The lowest BCUT2D eigenvalue weighted by atomic mass is 10.3. The van der Waals surface area contributed by atoms with Crippen LogP contribution in [0.4, 0.5) is 13.2 Å². The molecule has 0 aromatic carbocycles. The van der Waals surface area contributed by atoms with Gasteiger partial charge in [0.05, 0.1) is 13.2 Å². The number of hydrogen-bond acceptors (Lipinski definition) is 2. The minimum atomic E-state index is -4.55. The molecule has 0 aliphatic rings. The van der Waals surface area contributed by atoms with Crippen molar-refractivity contribution >= 4 is 11.6 Å². The van der Waals surface area contributed by atoms with Gasteiger partial charge in [-0.1, -0.05) is 6.07 Å². The van der Waals surface area contributed by atoms with Crippen molar-refractivity contribution in [3.8, 4) is 0 Å². The predicted octanol–water partition coefficient (Wildman–Crippen LogP) is 2.12. The third-order valence-corrected chi connectivity index (χ3v) is 2.18. The molecule has 1 rings (SSSR count). The highest BCUT2D eigenvalue weighted by Crippen LogP contribution is 2.27. The van der Waals surface area contributed by atoms with Crippen LogP contribution in [0.1, 0.15) is 5.69 Å². The van der Waals surface area contributed by atoms with Crippen LogP contribution in [0, 0.1) is 0 Å². The van der Waals surface area contributed by atoms with Crippen LogP contribution in [0.5, 0.6) is 0 Å². The smallest absolute Gasteiger partial charge is 0.378 e. The van der Waals surface area contributed by atoms with Gasteiger partial charge >= 0.3 is 6.18 Å². The van der Waals surface area contributed by atoms with Gasteiger partial charge in [0.15, 0.2) is 0 Å². The average molecular weight is 270 g/mol. The molecule has 0 fully saturated rings. The Hall–Kier alpha value is -1.01. The zero-order valence-corrected chi connectivity index (χ0v) is 9.59. The number of rotatable bonds is 5. The fraction of sp³-hybridized carbons (Fsp3) is 0.500. The fourth-order valence-electron chi connectivity index (χ4n) is 1.31. The first-order valence-electron chi connectivity index (χ1n) is 4.87. The fourth-order valence-corrected chi connectivity index (χ4v) is 1.42. The van der Waals surface area contributed by atoms with Gasteiger partial charge in [0.2, 0.25) is 0 Å². The average Bonchev–Trinajstić information content (AvgIpc) is 2.24. The number of alkyl halides is 4. The summed E-state index contributed by atoms with van der Waals surface area (Å²) in [6, 6.07) is 3.03. The molecule has 1 aromatic rings. The lowest BCUT2D eigenvalue weighted by molar-refractivity contribution is -0.144. The summed E-state index contributed by atoms with van der Waals surface area (Å²) in [5.41, 5.74) is -1.67. The van der Waals surface area contributed by atoms with E-state index in [4.69, 9.17) is 16.3 Å². The molecule has 0 unspecified atom stereocenters. The van der Waals surface area contributed by atoms with Crippen molar-refractivity contribution in [2.24, 2.45) is 0 Å². The lowest BCUT2D eigenvalue weighted by Gasteiger charge is -2.14. The Kier molecular flexibility index (Phi) is 5.02. The Morgan fingerprint density at radius 2 is 2.00 bits per heavy atom. The summed E-state index contributed by atoms with van der Waals surface area (Å²) in [5.74, 6) is 0.260. The molecule has 1 heterocycles. The van der Waals surface area contributed by atoms with Crippen molar-refractivity contribution in [2.45, 2.75) is 12.7 Å². The molecule has 7 heteroatoms. The Labute approximate surface area is 101 Å². The van der Waals surface area contributed by atoms with Crippen LogP contribution in [-0.4, -0.2) is 23.7 Å². The number of halogens is 4. The summed E-state index contributed by atoms with van der Waals surface area (Å²) in [7, 11) is 0. The summed E-state index contributed by atoms with van der Waals surface area (Å²) >= 11 is 5.34. The maximum Gasteiger partial charge on any atom is 0.431 e. The Balaban J connectivity index is 2.86. The third-order valence-electron chi connectivity index (χ3n) is 2.02. The van der Waals surface area contributed by atoms with Crippen LogP contribution in [0.25, 0.3) is 0 Å². The van der Waals surface area contributed by atoms with Crippen molar-refractivity contribution in [1.82, 2.24) is 4.57 Å². The van der Waals surface area contributed by atoms with Gasteiger partial charge < -0.3 is 9.30 Å². The van der Waals surface area contributed by atoms with E-state index < -0.39 is 17.4 Å². The number of nitrogens with zero attached hydrogens (tertiary/aromatic N) is 1. The summed E-state index contributed by atoms with van der Waals surface area (Å²) in [4.78, 5) is 11.3. The first-order chi connectivity index (χ1) is 7.96. The first-order valence-corrected chi connectivity index (χ1v) is 5.41. The van der Waals surface area contributed by atoms with Gasteiger partial charge in [0.1, 0.15) is 5.69 Å². The zero-order chi connectivity index (χ0) is 12.9. The van der Waals surface area contributed by atoms with Gasteiger partial charge in [-0.3, -0.25) is 4.79 Å². The summed E-state index contributed by atoms with van der Waals surface area (Å²) < 4.78 is 43.3. The van der Waals surface area contributed by atoms with Gasteiger partial charge in [-0.25, -0.2) is 0 Å². The molecule has 0 saturated carbocycles. The molecule has 17 heavy (non-hydrogen) atoms. The first kappa shape index (κ1) is 14.1. The molecule has 96 valence electrons. The molecule has 0 amide bonds. The predicted molar refractivity (Wildman–Crippen MR) is 57.2 cm³/mol. The third kappa shape index (κ3) is 4.05. The van der Waals surface area contributed by atoms with Crippen LogP contribution in [0.2, 0.25) is 0 Å². The molecular weight excluding hydrogens is 259 g/mol. The maximum atomic E-state index is 12.6. The van der Waals surface area contributed by atoms with E-state index in [1.807, 2.05) is 0 Å². The second-order valence-corrected chi connectivity index (χ2v) is 3.58. The Morgan fingerprint density at radius 3 is 2.59 bits per heavy atom. The molecule has 0 spiro atoms. The summed E-state index contributed by atoms with van der Waals surface area (Å²) in [6.07, 6.45) is -4.55. The van der Waals surface area contributed by atoms with Crippen LogP contribution >= 0.6 is 11.6 Å². The molecule has 0 saturated heterocycles. The molecule has 0 atom stereocenters. The van der Waals surface area contributed by atoms with Gasteiger partial charge in [-0.05, 0) is 6.07 Å². The van der Waals surface area contributed by atoms with E-state index in [9.17, 15) is 18.0 Å². The molecule has 0 N–H and O–H groups in total. The van der Waals surface area contributed by atoms with Gasteiger partial charge in [0, 0.05) is 18.5 Å². The molecule has 0 aliphatic heterocycles. The molecule has 0 bridgehead atoms. The van der Waals surface area contributed by atoms with Crippen molar-refractivity contribution in [2.75, 3.05) is 19.1 Å². The lowest BCUT2D eigenvalue weighted by Crippen LogP contribution is -2.28. The molecule has 1 aromatic heterocycles. The monoisotopic (exact) mass is 269 g/mol. The topological polar surface area (TPSA) is 31.2 Å². The minimum Gasteiger partial charge on any atom is -0.378 e. The second-order valence-electron chi connectivity index (χ2n) is 3.20. The quantitative estimate of drug-likeness (QED) is 0.606. The van der Waals surface area contributed by atoms with Gasteiger partial charge in [-0.2, -0.15) is 13.2 Å². The van der Waals surface area contributed by atoms with Crippen LogP contribution in [0.15, 0.2) is 23.0 Å². The van der Waals surface area contributed by atoms with Crippen molar-refractivity contribution in [3.05, 3.63) is 34.2 Å². The molecule has 0 radical (unpaired) electrons. The molecule has 0 aliphatic carbocycles. The van der Waals surface area contributed by atoms with Gasteiger partial charge in [-0.15, -0.1) is 11.6 Å². The molecule has 3 nitrogen and oxygen atoms in total. The summed E-state index contributed by atoms with van der Waals surface area (Å²) in [5, 5.41) is 0. The Morgan fingerprint density at radius 1 is 1.29 bits per heavy atom. The maximum absolute atomic E-state index is 12.6. The van der Waals surface area contributed by atoms with Crippen LogP contribution < -0.4 is 5.56 Å². The Bertz CT molecular complexity index is 417. The normalized spacial score (nSPS) is 11.8. The SMILES string of the molecule is O=c1cccc(C(F)(F)F)n1CCOCCCl. The number of ether oxygens (including phenoxy) is 1. The van der Waals surface area contributed by atoms with E-state index in [-0.39, 0.29) is 25.6 Å². The summed E-state index contributed by atoms with van der Waals surface area (Å²) in [6.45, 7) is 0.107. The van der Waals surface area contributed by atoms with Gasteiger partial charge in [0.25, 0.3) is 5.56 Å². The van der Waals surface area contributed by atoms with Crippen molar-refractivity contribution in [3.63, 3.8) is 0 Å². The van der Waals surface area contributed by atoms with Crippen LogP contribution in [-0.2, 0) is 17.5 Å². The van der Waals surface area contributed by atoms with Crippen LogP contribution in [0.3, 0.4) is 0 Å². The van der Waals surface area contributed by atoms with Crippen molar-refractivity contribution < 1.29 is 17.9 Å². The van der Waals surface area contributed by atoms with E-state index in [0.29, 0.717) is 4.57 Å². The number of pyridine rings is 1. The van der Waals surface area contributed by atoms with E-state index in [1.165, 1.54) is 0 Å². The number of aromatic nitrogens is 1. The minimum absolute atomic E-state index is 0.0136. The number of hydrogen-bond donors (Lipinski definition) is 0. The van der Waals surface area contributed by atoms with E-state index >= 15 is 0 Å². The molecular formula is C10H11ClF3NO2. The second kappa shape index (κ2) is 6.07. The van der Waals surface area contributed by atoms with E-state index in [0.717, 1.165) is 18.2 Å².